The Labute approximate surface area is 139 Å². The number of carbonyl (C=O) groups is 1. The van der Waals surface area contributed by atoms with Crippen LogP contribution in [0.1, 0.15) is 21.6 Å². The molecule has 4 rings (SSSR count). The minimum Gasteiger partial charge on any atom is -0.383 e. The van der Waals surface area contributed by atoms with E-state index in [0.29, 0.717) is 24.6 Å². The van der Waals surface area contributed by atoms with E-state index >= 15 is 0 Å². The number of hydrogen-bond donors (Lipinski definition) is 2. The minimum absolute atomic E-state index is 0.0708. The van der Waals surface area contributed by atoms with Gasteiger partial charge < -0.3 is 10.6 Å². The van der Waals surface area contributed by atoms with Crippen LogP contribution in [0.4, 0.5) is 5.82 Å². The zero-order valence-electron chi connectivity index (χ0n) is 13.1. The van der Waals surface area contributed by atoms with E-state index in [1.165, 1.54) is 5.56 Å². The van der Waals surface area contributed by atoms with Crippen molar-refractivity contribution in [2.75, 3.05) is 12.3 Å². The van der Waals surface area contributed by atoms with Crippen LogP contribution in [0.15, 0.2) is 48.7 Å². The third-order valence-corrected chi connectivity index (χ3v) is 4.35. The number of amides is 1. The van der Waals surface area contributed by atoms with Gasteiger partial charge in [0.25, 0.3) is 5.91 Å². The Hall–Kier alpha value is -3.15. The van der Waals surface area contributed by atoms with Crippen LogP contribution in [0.5, 0.6) is 0 Å². The summed E-state index contributed by atoms with van der Waals surface area (Å²) in [6.07, 6.45) is 2.50. The molecule has 1 aromatic carbocycles. The molecule has 6 nitrogen and oxygen atoms in total. The summed E-state index contributed by atoms with van der Waals surface area (Å²) in [5, 5.41) is 7.11. The number of rotatable bonds is 2. The molecule has 0 bridgehead atoms. The van der Waals surface area contributed by atoms with Crippen molar-refractivity contribution in [1.29, 1.82) is 0 Å². The molecule has 0 unspecified atom stereocenters. The zero-order valence-corrected chi connectivity index (χ0v) is 13.1. The van der Waals surface area contributed by atoms with Crippen molar-refractivity contribution >= 4 is 11.7 Å². The highest BCUT2D eigenvalue weighted by Crippen LogP contribution is 2.24. The molecule has 0 atom stereocenters. The van der Waals surface area contributed by atoms with Gasteiger partial charge in [-0.15, -0.1) is 0 Å². The average Bonchev–Trinajstić information content (AvgIpc) is 3.12. The number of nitrogens with one attached hydrogen (secondary N) is 1. The molecule has 0 aliphatic carbocycles. The van der Waals surface area contributed by atoms with Crippen LogP contribution >= 0.6 is 0 Å². The van der Waals surface area contributed by atoms with Gasteiger partial charge in [0.15, 0.2) is 0 Å². The minimum atomic E-state index is -0.0708. The molecular weight excluding hydrogens is 302 g/mol. The van der Waals surface area contributed by atoms with Crippen LogP contribution < -0.4 is 5.73 Å². The maximum Gasteiger partial charge on any atom is 0.272 e. The number of nitrogens with two attached hydrogens (primary N) is 1. The van der Waals surface area contributed by atoms with E-state index in [4.69, 9.17) is 5.73 Å². The molecule has 1 aliphatic heterocycles. The summed E-state index contributed by atoms with van der Waals surface area (Å²) < 4.78 is 0. The Morgan fingerprint density at radius 1 is 1.21 bits per heavy atom. The SMILES string of the molecule is Nc1nccc2c1CN(C(=O)c1cc(-c3ccccc3)n[nH]1)CC2. The molecule has 1 aliphatic rings. The topological polar surface area (TPSA) is 87.9 Å². The number of H-pyrrole nitrogens is 1. The number of carbonyl (C=O) groups excluding carboxylic acids is 1. The number of anilines is 1. The van der Waals surface area contributed by atoms with Gasteiger partial charge in [0.05, 0.1) is 5.69 Å². The number of hydrogen-bond acceptors (Lipinski definition) is 4. The number of nitrogens with zero attached hydrogens (tertiary/aromatic N) is 3. The second-order valence-electron chi connectivity index (χ2n) is 5.84. The molecular formula is C18H17N5O. The molecule has 3 aromatic rings. The fraction of sp³-hybridized carbons (Fsp3) is 0.167. The monoisotopic (exact) mass is 319 g/mol. The van der Waals surface area contributed by atoms with Gasteiger partial charge >= 0.3 is 0 Å². The lowest BCUT2D eigenvalue weighted by atomic mass is 10.0. The molecule has 120 valence electrons. The van der Waals surface area contributed by atoms with Crippen LogP contribution in [-0.2, 0) is 13.0 Å². The van der Waals surface area contributed by atoms with Crippen LogP contribution in [0, 0.1) is 0 Å². The maximum absolute atomic E-state index is 12.8. The van der Waals surface area contributed by atoms with E-state index in [1.54, 1.807) is 17.2 Å². The molecule has 3 N–H and O–H groups in total. The van der Waals surface area contributed by atoms with Crippen molar-refractivity contribution in [2.24, 2.45) is 0 Å². The van der Waals surface area contributed by atoms with Gasteiger partial charge in [-0.2, -0.15) is 5.10 Å². The first-order chi connectivity index (χ1) is 11.7. The number of fused-ring (bicyclic) bond motifs is 1. The van der Waals surface area contributed by atoms with E-state index in [0.717, 1.165) is 23.2 Å². The normalized spacial score (nSPS) is 13.6. The molecule has 2 aromatic heterocycles. The van der Waals surface area contributed by atoms with Crippen LogP contribution in [0.3, 0.4) is 0 Å². The van der Waals surface area contributed by atoms with Crippen LogP contribution in [0.2, 0.25) is 0 Å². The Bertz CT molecular complexity index is 887. The van der Waals surface area contributed by atoms with Gasteiger partial charge in [-0.25, -0.2) is 4.98 Å². The van der Waals surface area contributed by atoms with Gasteiger partial charge in [-0.1, -0.05) is 30.3 Å². The first-order valence-corrected chi connectivity index (χ1v) is 7.85. The van der Waals surface area contributed by atoms with Gasteiger partial charge in [-0.3, -0.25) is 9.89 Å². The van der Waals surface area contributed by atoms with Crippen molar-refractivity contribution in [3.63, 3.8) is 0 Å². The van der Waals surface area contributed by atoms with E-state index in [2.05, 4.69) is 15.2 Å². The molecule has 0 spiro atoms. The third kappa shape index (κ3) is 2.52. The summed E-state index contributed by atoms with van der Waals surface area (Å²) in [5.74, 6) is 0.429. The number of pyridine rings is 1. The zero-order chi connectivity index (χ0) is 16.5. The summed E-state index contributed by atoms with van der Waals surface area (Å²) in [7, 11) is 0. The fourth-order valence-electron chi connectivity index (χ4n) is 3.02. The van der Waals surface area contributed by atoms with E-state index < -0.39 is 0 Å². The number of benzene rings is 1. The van der Waals surface area contributed by atoms with Gasteiger partial charge in [0.2, 0.25) is 0 Å². The Balaban J connectivity index is 1.57. The quantitative estimate of drug-likeness (QED) is 0.758. The van der Waals surface area contributed by atoms with E-state index in [1.807, 2.05) is 36.4 Å². The fourth-order valence-corrected chi connectivity index (χ4v) is 3.02. The highest BCUT2D eigenvalue weighted by molar-refractivity contribution is 5.93. The van der Waals surface area contributed by atoms with Crippen molar-refractivity contribution in [1.82, 2.24) is 20.1 Å². The molecule has 24 heavy (non-hydrogen) atoms. The largest absolute Gasteiger partial charge is 0.383 e. The second-order valence-corrected chi connectivity index (χ2v) is 5.84. The third-order valence-electron chi connectivity index (χ3n) is 4.35. The predicted molar refractivity (Wildman–Crippen MR) is 91.1 cm³/mol. The summed E-state index contributed by atoms with van der Waals surface area (Å²) in [6.45, 7) is 1.14. The Morgan fingerprint density at radius 3 is 2.88 bits per heavy atom. The van der Waals surface area contributed by atoms with Crippen LogP contribution in [0.25, 0.3) is 11.3 Å². The standard InChI is InChI=1S/C18H17N5O/c19-17-14-11-23(9-7-12(14)6-8-20-17)18(24)16-10-15(21-22-16)13-4-2-1-3-5-13/h1-6,8,10H,7,9,11H2,(H2,19,20)(H,21,22). The van der Waals surface area contributed by atoms with Crippen LogP contribution in [-0.4, -0.2) is 32.5 Å². The van der Waals surface area contributed by atoms with E-state index in [-0.39, 0.29) is 5.91 Å². The number of aromatic nitrogens is 3. The lowest BCUT2D eigenvalue weighted by molar-refractivity contribution is 0.0729. The second kappa shape index (κ2) is 5.81. The Morgan fingerprint density at radius 2 is 2.04 bits per heavy atom. The molecule has 0 saturated heterocycles. The van der Waals surface area contributed by atoms with Crippen molar-refractivity contribution in [2.45, 2.75) is 13.0 Å². The number of aromatic amines is 1. The summed E-state index contributed by atoms with van der Waals surface area (Å²) in [6, 6.07) is 13.5. The molecule has 0 saturated carbocycles. The lowest BCUT2D eigenvalue weighted by Gasteiger charge is -2.28. The summed E-state index contributed by atoms with van der Waals surface area (Å²) >= 11 is 0. The number of nitrogen functional groups attached to an aromatic ring is 1. The molecule has 0 fully saturated rings. The Kier molecular flexibility index (Phi) is 3.49. The predicted octanol–water partition coefficient (Wildman–Crippen LogP) is 2.25. The molecule has 0 radical (unpaired) electrons. The first kappa shape index (κ1) is 14.4. The maximum atomic E-state index is 12.8. The van der Waals surface area contributed by atoms with Crippen molar-refractivity contribution < 1.29 is 4.79 Å². The molecule has 6 heteroatoms. The van der Waals surface area contributed by atoms with Crippen molar-refractivity contribution in [3.05, 3.63) is 65.5 Å². The van der Waals surface area contributed by atoms with Gasteiger partial charge in [0, 0.05) is 30.4 Å². The molecule has 3 heterocycles. The highest BCUT2D eigenvalue weighted by Gasteiger charge is 2.24. The van der Waals surface area contributed by atoms with E-state index in [9.17, 15) is 4.79 Å². The highest BCUT2D eigenvalue weighted by atomic mass is 16.2. The lowest BCUT2D eigenvalue weighted by Crippen LogP contribution is -2.36. The first-order valence-electron chi connectivity index (χ1n) is 7.85. The van der Waals surface area contributed by atoms with Gasteiger partial charge in [-0.05, 0) is 24.1 Å². The molecule has 1 amide bonds. The van der Waals surface area contributed by atoms with Crippen molar-refractivity contribution in [3.8, 4) is 11.3 Å². The summed E-state index contributed by atoms with van der Waals surface area (Å²) in [5.41, 5.74) is 10.3. The average molecular weight is 319 g/mol. The van der Waals surface area contributed by atoms with Gasteiger partial charge in [0.1, 0.15) is 11.5 Å². The smallest absolute Gasteiger partial charge is 0.272 e. The summed E-state index contributed by atoms with van der Waals surface area (Å²) in [4.78, 5) is 18.7.